The van der Waals surface area contributed by atoms with Crippen LogP contribution < -0.4 is 10.1 Å². The molecule has 4 rings (SSSR count). The van der Waals surface area contributed by atoms with E-state index in [4.69, 9.17) is 16.3 Å². The minimum Gasteiger partial charge on any atom is -0.483 e. The molecule has 1 fully saturated rings. The first-order valence-corrected chi connectivity index (χ1v) is 13.4. The first-order chi connectivity index (χ1) is 17.5. The fourth-order valence-electron chi connectivity index (χ4n) is 4.52. The number of nitrogens with one attached hydrogen (secondary N) is 1. The molecule has 0 aliphatic heterocycles. The van der Waals surface area contributed by atoms with Gasteiger partial charge >= 0.3 is 0 Å². The van der Waals surface area contributed by atoms with Gasteiger partial charge in [-0.3, -0.25) is 9.59 Å². The van der Waals surface area contributed by atoms with E-state index in [9.17, 15) is 9.59 Å². The van der Waals surface area contributed by atoms with Crippen molar-refractivity contribution in [2.24, 2.45) is 0 Å². The molecule has 5 nitrogen and oxygen atoms in total. The van der Waals surface area contributed by atoms with Crippen molar-refractivity contribution in [3.63, 3.8) is 0 Å². The molecule has 2 amide bonds. The van der Waals surface area contributed by atoms with E-state index >= 15 is 0 Å². The van der Waals surface area contributed by atoms with Gasteiger partial charge in [0.25, 0.3) is 5.91 Å². The third-order valence-electron chi connectivity index (χ3n) is 6.41. The number of benzene rings is 3. The standard InChI is InChI=1S/C29H30BrClN2O3/c30-25-18-23(31)15-16-27(25)36-20-28(34)33(19-22-11-5-2-6-12-22)26(17-21-9-3-1-4-10-21)29(35)32-24-13-7-8-14-24/h1-6,9-12,15-16,18,24,26H,7-8,13-14,17,19-20H2,(H,32,35)/t26-/m1/s1. The highest BCUT2D eigenvalue weighted by Gasteiger charge is 2.32. The van der Waals surface area contributed by atoms with Crippen molar-refractivity contribution in [2.75, 3.05) is 6.61 Å². The van der Waals surface area contributed by atoms with Crippen LogP contribution in [0.5, 0.6) is 5.75 Å². The van der Waals surface area contributed by atoms with Crippen molar-refractivity contribution < 1.29 is 14.3 Å². The number of hydrogen-bond donors (Lipinski definition) is 1. The lowest BCUT2D eigenvalue weighted by atomic mass is 10.0. The molecular formula is C29H30BrClN2O3. The summed E-state index contributed by atoms with van der Waals surface area (Å²) in [6.45, 7) is 0.107. The topological polar surface area (TPSA) is 58.6 Å². The number of ether oxygens (including phenoxy) is 1. The van der Waals surface area contributed by atoms with Crippen LogP contribution in [0.25, 0.3) is 0 Å². The zero-order valence-corrected chi connectivity index (χ0v) is 22.4. The van der Waals surface area contributed by atoms with Gasteiger partial charge in [0.05, 0.1) is 4.47 Å². The number of carbonyl (C=O) groups is 2. The maximum absolute atomic E-state index is 13.7. The van der Waals surface area contributed by atoms with E-state index in [0.29, 0.717) is 28.2 Å². The molecule has 1 N–H and O–H groups in total. The molecule has 0 aromatic heterocycles. The minimum atomic E-state index is -0.669. The molecular weight excluding hydrogens is 540 g/mol. The third-order valence-corrected chi connectivity index (χ3v) is 7.27. The lowest BCUT2D eigenvalue weighted by Crippen LogP contribution is -2.53. The Bertz CT molecular complexity index is 1150. The monoisotopic (exact) mass is 568 g/mol. The van der Waals surface area contributed by atoms with Gasteiger partial charge in [0, 0.05) is 24.0 Å². The highest BCUT2D eigenvalue weighted by molar-refractivity contribution is 9.10. The van der Waals surface area contributed by atoms with E-state index in [-0.39, 0.29) is 24.5 Å². The highest BCUT2D eigenvalue weighted by Crippen LogP contribution is 2.28. The zero-order valence-electron chi connectivity index (χ0n) is 20.0. The van der Waals surface area contributed by atoms with Gasteiger partial charge in [-0.2, -0.15) is 0 Å². The predicted octanol–water partition coefficient (Wildman–Crippen LogP) is 6.18. The number of rotatable bonds is 10. The molecule has 1 atom stereocenters. The average molecular weight is 570 g/mol. The van der Waals surface area contributed by atoms with Crippen molar-refractivity contribution in [1.29, 1.82) is 0 Å². The fourth-order valence-corrected chi connectivity index (χ4v) is 5.31. The van der Waals surface area contributed by atoms with Crippen LogP contribution in [-0.2, 0) is 22.6 Å². The number of halogens is 2. The molecule has 3 aromatic rings. The molecule has 188 valence electrons. The maximum atomic E-state index is 13.7. The zero-order chi connectivity index (χ0) is 25.3. The second kappa shape index (κ2) is 12.9. The number of carbonyl (C=O) groups excluding carboxylic acids is 2. The summed E-state index contributed by atoms with van der Waals surface area (Å²) in [6.07, 6.45) is 4.60. The minimum absolute atomic E-state index is 0.122. The fraction of sp³-hybridized carbons (Fsp3) is 0.310. The maximum Gasteiger partial charge on any atom is 0.261 e. The Morgan fingerprint density at radius 1 is 0.972 bits per heavy atom. The van der Waals surface area contributed by atoms with Gasteiger partial charge in [0.2, 0.25) is 5.91 Å². The van der Waals surface area contributed by atoms with Crippen molar-refractivity contribution in [3.05, 3.63) is 99.5 Å². The summed E-state index contributed by atoms with van der Waals surface area (Å²) in [7, 11) is 0. The summed E-state index contributed by atoms with van der Waals surface area (Å²) in [5.74, 6) is 0.133. The van der Waals surface area contributed by atoms with Gasteiger partial charge in [-0.15, -0.1) is 0 Å². The molecule has 36 heavy (non-hydrogen) atoms. The Balaban J connectivity index is 1.60. The Labute approximate surface area is 225 Å². The molecule has 3 aromatic carbocycles. The summed E-state index contributed by atoms with van der Waals surface area (Å²) < 4.78 is 6.52. The smallest absolute Gasteiger partial charge is 0.261 e. The van der Waals surface area contributed by atoms with Crippen molar-refractivity contribution >= 4 is 39.3 Å². The first-order valence-electron chi connectivity index (χ1n) is 12.2. The van der Waals surface area contributed by atoms with Gasteiger partial charge in [-0.25, -0.2) is 0 Å². The second-order valence-electron chi connectivity index (χ2n) is 9.07. The van der Waals surface area contributed by atoms with Crippen LogP contribution in [0, 0.1) is 0 Å². The van der Waals surface area contributed by atoms with E-state index in [1.165, 1.54) is 0 Å². The molecule has 1 saturated carbocycles. The average Bonchev–Trinajstić information content (AvgIpc) is 3.39. The molecule has 0 heterocycles. The van der Waals surface area contributed by atoms with Crippen molar-refractivity contribution in [2.45, 2.75) is 50.7 Å². The van der Waals surface area contributed by atoms with E-state index in [1.807, 2.05) is 60.7 Å². The largest absolute Gasteiger partial charge is 0.483 e. The lowest BCUT2D eigenvalue weighted by molar-refractivity contribution is -0.143. The van der Waals surface area contributed by atoms with Crippen LogP contribution in [0.15, 0.2) is 83.3 Å². The Morgan fingerprint density at radius 3 is 2.25 bits per heavy atom. The van der Waals surface area contributed by atoms with Crippen LogP contribution in [-0.4, -0.2) is 35.4 Å². The summed E-state index contributed by atoms with van der Waals surface area (Å²) in [4.78, 5) is 28.9. The third kappa shape index (κ3) is 7.34. The first kappa shape index (κ1) is 26.2. The van der Waals surface area contributed by atoms with Crippen molar-refractivity contribution in [3.8, 4) is 5.75 Å². The van der Waals surface area contributed by atoms with Gasteiger partial charge in [0.15, 0.2) is 6.61 Å². The Morgan fingerprint density at radius 2 is 1.61 bits per heavy atom. The molecule has 0 radical (unpaired) electrons. The second-order valence-corrected chi connectivity index (χ2v) is 10.4. The van der Waals surface area contributed by atoms with Crippen LogP contribution >= 0.6 is 27.5 Å². The summed E-state index contributed by atoms with van der Waals surface area (Å²) >= 11 is 9.47. The van der Waals surface area contributed by atoms with Gasteiger partial charge in [0.1, 0.15) is 11.8 Å². The van der Waals surface area contributed by atoms with Crippen LogP contribution in [0.2, 0.25) is 5.02 Å². The van der Waals surface area contributed by atoms with E-state index < -0.39 is 6.04 Å². The quantitative estimate of drug-likeness (QED) is 0.317. The SMILES string of the molecule is O=C(NC1CCCC1)[C@@H](Cc1ccccc1)N(Cc1ccccc1)C(=O)COc1ccc(Cl)cc1Br. The molecule has 1 aliphatic rings. The number of nitrogens with zero attached hydrogens (tertiary/aromatic N) is 1. The van der Waals surface area contributed by atoms with Crippen LogP contribution in [0.3, 0.4) is 0 Å². The van der Waals surface area contributed by atoms with Crippen LogP contribution in [0.4, 0.5) is 0 Å². The Kier molecular flexibility index (Phi) is 9.42. The number of hydrogen-bond acceptors (Lipinski definition) is 3. The van der Waals surface area contributed by atoms with Gasteiger partial charge < -0.3 is 15.0 Å². The lowest BCUT2D eigenvalue weighted by Gasteiger charge is -2.32. The van der Waals surface area contributed by atoms with E-state index in [0.717, 1.165) is 36.8 Å². The highest BCUT2D eigenvalue weighted by atomic mass is 79.9. The summed E-state index contributed by atoms with van der Waals surface area (Å²) in [6, 6.07) is 24.2. The normalized spacial score (nSPS) is 14.3. The predicted molar refractivity (Wildman–Crippen MR) is 146 cm³/mol. The summed E-state index contributed by atoms with van der Waals surface area (Å²) in [5.41, 5.74) is 1.95. The van der Waals surface area contributed by atoms with Crippen molar-refractivity contribution in [1.82, 2.24) is 10.2 Å². The summed E-state index contributed by atoms with van der Waals surface area (Å²) in [5, 5.41) is 3.78. The Hall–Kier alpha value is -2.83. The molecule has 0 saturated heterocycles. The number of amides is 2. The molecule has 0 spiro atoms. The molecule has 1 aliphatic carbocycles. The molecule has 7 heteroatoms. The molecule has 0 unspecified atom stereocenters. The van der Waals surface area contributed by atoms with Crippen LogP contribution in [0.1, 0.15) is 36.8 Å². The van der Waals surface area contributed by atoms with Gasteiger partial charge in [-0.05, 0) is 58.1 Å². The van der Waals surface area contributed by atoms with Gasteiger partial charge in [-0.1, -0.05) is 85.1 Å². The molecule has 0 bridgehead atoms. The van der Waals surface area contributed by atoms with E-state index in [1.54, 1.807) is 23.1 Å². The van der Waals surface area contributed by atoms with E-state index in [2.05, 4.69) is 21.2 Å².